The Hall–Kier alpha value is -2.98. The van der Waals surface area contributed by atoms with E-state index in [0.717, 1.165) is 24.3 Å². The smallest absolute Gasteiger partial charge is 0.394 e. The molecule has 0 fully saturated rings. The molecule has 11 heteroatoms. The Balaban J connectivity index is 1.82. The number of rotatable bonds is 5. The van der Waals surface area contributed by atoms with Gasteiger partial charge in [0.2, 0.25) is 5.82 Å². The van der Waals surface area contributed by atoms with Crippen LogP contribution in [0.4, 0.5) is 17.6 Å². The van der Waals surface area contributed by atoms with Gasteiger partial charge in [-0.2, -0.15) is 18.2 Å². The third-order valence-electron chi connectivity index (χ3n) is 3.80. The summed E-state index contributed by atoms with van der Waals surface area (Å²) < 4.78 is 56.9. The number of hydrogen-bond acceptors (Lipinski definition) is 5. The van der Waals surface area contributed by atoms with Crippen LogP contribution in [0, 0.1) is 5.82 Å². The molecule has 2 aromatic carbocycles. The Labute approximate surface area is 166 Å². The van der Waals surface area contributed by atoms with Crippen LogP contribution in [0.5, 0.6) is 0 Å². The van der Waals surface area contributed by atoms with E-state index in [1.165, 1.54) is 18.2 Å². The summed E-state index contributed by atoms with van der Waals surface area (Å²) in [4.78, 5) is 16.2. The van der Waals surface area contributed by atoms with E-state index in [0.29, 0.717) is 0 Å². The minimum atomic E-state index is -4.55. The van der Waals surface area contributed by atoms with Crippen molar-refractivity contribution in [1.29, 1.82) is 0 Å². The molecule has 0 aliphatic rings. The van der Waals surface area contributed by atoms with Crippen molar-refractivity contribution in [3.8, 4) is 11.4 Å². The molecule has 0 aliphatic carbocycles. The fourth-order valence-corrected chi connectivity index (χ4v) is 2.66. The van der Waals surface area contributed by atoms with Crippen LogP contribution < -0.4 is 5.32 Å². The highest BCUT2D eigenvalue weighted by atomic mass is 35.5. The first kappa shape index (κ1) is 20.7. The molecule has 1 heterocycles. The van der Waals surface area contributed by atoms with Crippen LogP contribution in [0.3, 0.4) is 0 Å². The number of hydrogen-bond donors (Lipinski definition) is 2. The van der Waals surface area contributed by atoms with Gasteiger partial charge >= 0.3 is 6.18 Å². The van der Waals surface area contributed by atoms with E-state index in [-0.39, 0.29) is 27.9 Å². The van der Waals surface area contributed by atoms with Crippen LogP contribution >= 0.6 is 11.6 Å². The predicted molar refractivity (Wildman–Crippen MR) is 93.4 cm³/mol. The second-order valence-electron chi connectivity index (χ2n) is 5.90. The molecule has 1 unspecified atom stereocenters. The maximum absolute atomic E-state index is 13.4. The topological polar surface area (TPSA) is 88.2 Å². The summed E-state index contributed by atoms with van der Waals surface area (Å²) in [5.74, 6) is -1.90. The van der Waals surface area contributed by atoms with Gasteiger partial charge in [-0.15, -0.1) is 0 Å². The van der Waals surface area contributed by atoms with Crippen molar-refractivity contribution in [3.63, 3.8) is 0 Å². The number of halogens is 5. The van der Waals surface area contributed by atoms with Gasteiger partial charge in [0, 0.05) is 16.1 Å². The van der Waals surface area contributed by atoms with Gasteiger partial charge in [-0.25, -0.2) is 4.39 Å². The number of aliphatic hydroxyl groups excluding tert-OH is 1. The average Bonchev–Trinajstić information content (AvgIpc) is 3.14. The van der Waals surface area contributed by atoms with Gasteiger partial charge in [0.25, 0.3) is 11.8 Å². The van der Waals surface area contributed by atoms with Crippen molar-refractivity contribution in [2.24, 2.45) is 0 Å². The van der Waals surface area contributed by atoms with Gasteiger partial charge in [0.1, 0.15) is 11.9 Å². The zero-order valence-corrected chi connectivity index (χ0v) is 15.1. The lowest BCUT2D eigenvalue weighted by atomic mass is 10.1. The maximum Gasteiger partial charge on any atom is 0.416 e. The monoisotopic (exact) mass is 429 g/mol. The van der Waals surface area contributed by atoms with Gasteiger partial charge in [-0.1, -0.05) is 28.9 Å². The lowest BCUT2D eigenvalue weighted by Gasteiger charge is -2.12. The minimum Gasteiger partial charge on any atom is -0.394 e. The molecule has 0 aliphatic heterocycles. The second-order valence-corrected chi connectivity index (χ2v) is 6.34. The maximum atomic E-state index is 13.4. The number of nitrogens with one attached hydrogen (secondary N) is 1. The van der Waals surface area contributed by atoms with Crippen molar-refractivity contribution in [1.82, 2.24) is 15.5 Å². The molecule has 1 atom stereocenters. The largest absolute Gasteiger partial charge is 0.416 e. The van der Waals surface area contributed by atoms with Crippen molar-refractivity contribution in [2.45, 2.75) is 12.2 Å². The SMILES string of the molecule is O=C(NC(CO)c1nc(-c2cccc(C(F)(F)F)c2)no1)c1cc(F)cc(Cl)c1. The Morgan fingerprint density at radius 2 is 2.00 bits per heavy atom. The molecule has 3 rings (SSSR count). The van der Waals surface area contributed by atoms with Crippen LogP contribution in [0.1, 0.15) is 27.9 Å². The summed E-state index contributed by atoms with van der Waals surface area (Å²) >= 11 is 5.71. The standard InChI is InChI=1S/C18H12ClF4N3O3/c19-12-5-10(6-13(20)7-12)16(28)24-14(8-27)17-25-15(26-29-17)9-2-1-3-11(4-9)18(21,22)23/h1-7,14,27H,8H2,(H,24,28). The first-order valence-electron chi connectivity index (χ1n) is 8.06. The van der Waals surface area contributed by atoms with Crippen molar-refractivity contribution in [2.75, 3.05) is 6.61 Å². The quantitative estimate of drug-likeness (QED) is 0.598. The molecule has 0 spiro atoms. The number of benzene rings is 2. The Bertz CT molecular complexity index is 1020. The van der Waals surface area contributed by atoms with Gasteiger partial charge < -0.3 is 14.9 Å². The molecule has 0 radical (unpaired) electrons. The normalized spacial score (nSPS) is 12.6. The number of nitrogens with zero attached hydrogens (tertiary/aromatic N) is 2. The lowest BCUT2D eigenvalue weighted by molar-refractivity contribution is -0.137. The van der Waals surface area contributed by atoms with Crippen LogP contribution in [-0.4, -0.2) is 27.8 Å². The van der Waals surface area contributed by atoms with E-state index >= 15 is 0 Å². The highest BCUT2D eigenvalue weighted by molar-refractivity contribution is 6.31. The van der Waals surface area contributed by atoms with Gasteiger partial charge in [0.05, 0.1) is 12.2 Å². The highest BCUT2D eigenvalue weighted by Gasteiger charge is 2.31. The van der Waals surface area contributed by atoms with Gasteiger partial charge in [0.15, 0.2) is 0 Å². The van der Waals surface area contributed by atoms with E-state index in [1.807, 2.05) is 0 Å². The fraction of sp³-hybridized carbons (Fsp3) is 0.167. The Morgan fingerprint density at radius 1 is 1.24 bits per heavy atom. The van der Waals surface area contributed by atoms with Crippen LogP contribution in [0.2, 0.25) is 5.02 Å². The molecule has 6 nitrogen and oxygen atoms in total. The Kier molecular flexibility index (Phi) is 5.85. The molecular formula is C18H12ClF4N3O3. The molecule has 29 heavy (non-hydrogen) atoms. The minimum absolute atomic E-state index is 0.000298. The molecule has 1 amide bonds. The predicted octanol–water partition coefficient (Wildman–Crippen LogP) is 4.01. The zero-order chi connectivity index (χ0) is 21.2. The highest BCUT2D eigenvalue weighted by Crippen LogP contribution is 2.31. The zero-order valence-electron chi connectivity index (χ0n) is 14.4. The fourth-order valence-electron chi connectivity index (χ4n) is 2.44. The second kappa shape index (κ2) is 8.18. The van der Waals surface area contributed by atoms with Gasteiger partial charge in [-0.3, -0.25) is 4.79 Å². The van der Waals surface area contributed by atoms with E-state index in [4.69, 9.17) is 16.1 Å². The number of aromatic nitrogens is 2. The first-order chi connectivity index (χ1) is 13.7. The van der Waals surface area contributed by atoms with Crippen LogP contribution in [0.15, 0.2) is 47.0 Å². The number of amides is 1. The van der Waals surface area contributed by atoms with E-state index < -0.39 is 36.1 Å². The van der Waals surface area contributed by atoms with Crippen LogP contribution in [0.25, 0.3) is 11.4 Å². The summed E-state index contributed by atoms with van der Waals surface area (Å²) in [6.45, 7) is -0.654. The summed E-state index contributed by atoms with van der Waals surface area (Å²) in [6.07, 6.45) is -4.55. The number of carbonyl (C=O) groups excluding carboxylic acids is 1. The number of alkyl halides is 3. The molecule has 0 saturated carbocycles. The molecule has 152 valence electrons. The van der Waals surface area contributed by atoms with Crippen molar-refractivity contribution in [3.05, 3.63) is 70.3 Å². The molecule has 1 aromatic heterocycles. The van der Waals surface area contributed by atoms with E-state index in [1.54, 1.807) is 0 Å². The number of carbonyl (C=O) groups is 1. The summed E-state index contributed by atoms with van der Waals surface area (Å²) in [5.41, 5.74) is -0.961. The molecule has 3 aromatic rings. The molecular weight excluding hydrogens is 418 g/mol. The summed E-state index contributed by atoms with van der Waals surface area (Å²) in [6, 6.07) is 6.28. The van der Waals surface area contributed by atoms with Crippen molar-refractivity contribution < 1.29 is 32.0 Å². The molecule has 2 N–H and O–H groups in total. The van der Waals surface area contributed by atoms with E-state index in [9.17, 15) is 27.5 Å². The average molecular weight is 430 g/mol. The van der Waals surface area contributed by atoms with Crippen molar-refractivity contribution >= 4 is 17.5 Å². The third kappa shape index (κ3) is 4.90. The molecule has 0 saturated heterocycles. The third-order valence-corrected chi connectivity index (χ3v) is 4.02. The lowest BCUT2D eigenvalue weighted by Crippen LogP contribution is -2.31. The van der Waals surface area contributed by atoms with Gasteiger partial charge in [-0.05, 0) is 30.3 Å². The number of aliphatic hydroxyl groups is 1. The summed E-state index contributed by atoms with van der Waals surface area (Å²) in [7, 11) is 0. The van der Waals surface area contributed by atoms with E-state index in [2.05, 4.69) is 15.5 Å². The van der Waals surface area contributed by atoms with Crippen LogP contribution in [-0.2, 0) is 6.18 Å². The Morgan fingerprint density at radius 3 is 2.66 bits per heavy atom. The first-order valence-corrected chi connectivity index (χ1v) is 8.44. The summed E-state index contributed by atoms with van der Waals surface area (Å²) in [5, 5.41) is 15.5. The molecule has 0 bridgehead atoms.